The summed E-state index contributed by atoms with van der Waals surface area (Å²) in [6.07, 6.45) is 3.68. The number of rotatable bonds is 4. The van der Waals surface area contributed by atoms with E-state index in [4.69, 9.17) is 9.84 Å². The van der Waals surface area contributed by atoms with Gasteiger partial charge in [0, 0.05) is 12.6 Å². The molecule has 3 heteroatoms. The van der Waals surface area contributed by atoms with Gasteiger partial charge in [0.25, 0.3) is 0 Å². The van der Waals surface area contributed by atoms with E-state index in [0.29, 0.717) is 0 Å². The van der Waals surface area contributed by atoms with Crippen molar-refractivity contribution in [1.82, 2.24) is 5.32 Å². The Kier molecular flexibility index (Phi) is 4.01. The van der Waals surface area contributed by atoms with Crippen LogP contribution in [0.15, 0.2) is 24.4 Å². The summed E-state index contributed by atoms with van der Waals surface area (Å²) in [5, 5.41) is 12.0. The van der Waals surface area contributed by atoms with Crippen molar-refractivity contribution in [2.45, 2.75) is 6.61 Å². The van der Waals surface area contributed by atoms with Crippen molar-refractivity contribution in [3.8, 4) is 5.75 Å². The van der Waals surface area contributed by atoms with Crippen LogP contribution in [0.4, 0.5) is 0 Å². The highest BCUT2D eigenvalue weighted by molar-refractivity contribution is 5.61. The second-order valence-corrected chi connectivity index (χ2v) is 2.81. The maximum atomic E-state index is 9.13. The number of hydrogen-bond acceptors (Lipinski definition) is 3. The average Bonchev–Trinajstić information content (AvgIpc) is 2.25. The first-order chi connectivity index (χ1) is 6.83. The fourth-order valence-electron chi connectivity index (χ4n) is 1.26. The molecule has 0 heterocycles. The Labute approximate surface area is 84.0 Å². The molecule has 1 aromatic rings. The van der Waals surface area contributed by atoms with Crippen molar-refractivity contribution in [1.29, 1.82) is 0 Å². The molecule has 2 N–H and O–H groups in total. The molecule has 1 rings (SSSR count). The van der Waals surface area contributed by atoms with Crippen molar-refractivity contribution in [2.75, 3.05) is 14.2 Å². The first-order valence-corrected chi connectivity index (χ1v) is 4.44. The zero-order chi connectivity index (χ0) is 10.4. The van der Waals surface area contributed by atoms with Gasteiger partial charge in [-0.1, -0.05) is 12.1 Å². The average molecular weight is 193 g/mol. The standard InChI is InChI=1S/C11H15NO2/c1-12-7-6-10-9(8-13)4-3-5-11(10)14-2/h3-7,12-13H,8H2,1-2H3/b7-6-. The van der Waals surface area contributed by atoms with E-state index in [9.17, 15) is 0 Å². The molecule has 0 aliphatic heterocycles. The minimum absolute atomic E-state index is 0.0145. The Hall–Kier alpha value is -1.48. The molecule has 0 amide bonds. The lowest BCUT2D eigenvalue weighted by molar-refractivity contribution is 0.280. The minimum Gasteiger partial charge on any atom is -0.496 e. The lowest BCUT2D eigenvalue weighted by Crippen LogP contribution is -1.96. The molecule has 3 nitrogen and oxygen atoms in total. The SMILES string of the molecule is CN/C=C\c1c(CO)cccc1OC. The summed E-state index contributed by atoms with van der Waals surface area (Å²) in [5.41, 5.74) is 1.77. The number of methoxy groups -OCH3 is 1. The first-order valence-electron chi connectivity index (χ1n) is 4.44. The smallest absolute Gasteiger partial charge is 0.126 e. The monoisotopic (exact) mass is 193 g/mol. The summed E-state index contributed by atoms with van der Waals surface area (Å²) in [5.74, 6) is 0.767. The molecule has 1 aromatic carbocycles. The van der Waals surface area contributed by atoms with Gasteiger partial charge in [0.15, 0.2) is 0 Å². The van der Waals surface area contributed by atoms with Crippen molar-refractivity contribution in [2.24, 2.45) is 0 Å². The highest BCUT2D eigenvalue weighted by Gasteiger charge is 2.04. The zero-order valence-electron chi connectivity index (χ0n) is 8.45. The van der Waals surface area contributed by atoms with Gasteiger partial charge in [0.2, 0.25) is 0 Å². The van der Waals surface area contributed by atoms with E-state index in [0.717, 1.165) is 16.9 Å². The molecule has 76 valence electrons. The van der Waals surface area contributed by atoms with Crippen LogP contribution in [-0.4, -0.2) is 19.3 Å². The minimum atomic E-state index is 0.0145. The number of benzene rings is 1. The molecule has 0 saturated carbocycles. The summed E-state index contributed by atoms with van der Waals surface area (Å²) >= 11 is 0. The summed E-state index contributed by atoms with van der Waals surface area (Å²) < 4.78 is 5.19. The molecule has 0 atom stereocenters. The van der Waals surface area contributed by atoms with Gasteiger partial charge in [0.05, 0.1) is 13.7 Å². The van der Waals surface area contributed by atoms with Crippen LogP contribution < -0.4 is 10.1 Å². The largest absolute Gasteiger partial charge is 0.496 e. The molecular formula is C11H15NO2. The summed E-state index contributed by atoms with van der Waals surface area (Å²) in [7, 11) is 3.44. The highest BCUT2D eigenvalue weighted by Crippen LogP contribution is 2.23. The van der Waals surface area contributed by atoms with Gasteiger partial charge < -0.3 is 15.2 Å². The number of aliphatic hydroxyl groups excluding tert-OH is 1. The maximum absolute atomic E-state index is 9.13. The first kappa shape index (κ1) is 10.6. The number of hydrogen-bond donors (Lipinski definition) is 2. The molecule has 0 unspecified atom stereocenters. The normalized spacial score (nSPS) is 10.5. The fraction of sp³-hybridized carbons (Fsp3) is 0.273. The molecular weight excluding hydrogens is 178 g/mol. The van der Waals surface area contributed by atoms with Crippen molar-refractivity contribution in [3.05, 3.63) is 35.5 Å². The van der Waals surface area contributed by atoms with Crippen LogP contribution in [0.3, 0.4) is 0 Å². The number of nitrogens with one attached hydrogen (secondary N) is 1. The molecule has 0 bridgehead atoms. The Morgan fingerprint density at radius 3 is 2.86 bits per heavy atom. The molecule has 0 fully saturated rings. The lowest BCUT2D eigenvalue weighted by Gasteiger charge is -2.08. The van der Waals surface area contributed by atoms with E-state index in [2.05, 4.69) is 5.32 Å². The van der Waals surface area contributed by atoms with E-state index in [1.54, 1.807) is 13.3 Å². The predicted molar refractivity (Wildman–Crippen MR) is 57.0 cm³/mol. The van der Waals surface area contributed by atoms with Crippen LogP contribution in [-0.2, 0) is 6.61 Å². The third kappa shape index (κ3) is 2.26. The van der Waals surface area contributed by atoms with Crippen LogP contribution in [0.25, 0.3) is 6.08 Å². The molecule has 0 aromatic heterocycles. The Morgan fingerprint density at radius 1 is 1.50 bits per heavy atom. The zero-order valence-corrected chi connectivity index (χ0v) is 8.45. The highest BCUT2D eigenvalue weighted by atomic mass is 16.5. The van der Waals surface area contributed by atoms with E-state index in [1.165, 1.54) is 0 Å². The number of ether oxygens (including phenoxy) is 1. The Balaban J connectivity index is 3.12. The van der Waals surface area contributed by atoms with E-state index in [-0.39, 0.29) is 6.61 Å². The quantitative estimate of drug-likeness (QED) is 0.759. The lowest BCUT2D eigenvalue weighted by atomic mass is 10.1. The third-order valence-corrected chi connectivity index (χ3v) is 1.96. The fourth-order valence-corrected chi connectivity index (χ4v) is 1.26. The molecule has 0 aliphatic carbocycles. The van der Waals surface area contributed by atoms with Gasteiger partial charge in [-0.3, -0.25) is 0 Å². The van der Waals surface area contributed by atoms with Gasteiger partial charge in [-0.05, 0) is 23.9 Å². The second-order valence-electron chi connectivity index (χ2n) is 2.81. The van der Waals surface area contributed by atoms with Crippen molar-refractivity contribution in [3.63, 3.8) is 0 Å². The molecule has 0 spiro atoms. The molecule has 0 radical (unpaired) electrons. The Bertz CT molecular complexity index is 299. The topological polar surface area (TPSA) is 41.5 Å². The summed E-state index contributed by atoms with van der Waals surface area (Å²) in [6, 6.07) is 5.60. The summed E-state index contributed by atoms with van der Waals surface area (Å²) in [6.45, 7) is 0.0145. The van der Waals surface area contributed by atoms with E-state index >= 15 is 0 Å². The van der Waals surface area contributed by atoms with Crippen LogP contribution >= 0.6 is 0 Å². The molecule has 0 aliphatic rings. The van der Waals surface area contributed by atoms with E-state index < -0.39 is 0 Å². The predicted octanol–water partition coefficient (Wildman–Crippen LogP) is 1.38. The van der Waals surface area contributed by atoms with Gasteiger partial charge >= 0.3 is 0 Å². The van der Waals surface area contributed by atoms with Crippen molar-refractivity contribution >= 4 is 6.08 Å². The van der Waals surface area contributed by atoms with Crippen LogP contribution in [0.1, 0.15) is 11.1 Å². The second kappa shape index (κ2) is 5.29. The van der Waals surface area contributed by atoms with Gasteiger partial charge in [-0.15, -0.1) is 0 Å². The number of aliphatic hydroxyl groups is 1. The maximum Gasteiger partial charge on any atom is 0.126 e. The van der Waals surface area contributed by atoms with Crippen LogP contribution in [0, 0.1) is 0 Å². The van der Waals surface area contributed by atoms with Crippen LogP contribution in [0.5, 0.6) is 5.75 Å². The van der Waals surface area contributed by atoms with Gasteiger partial charge in [-0.25, -0.2) is 0 Å². The van der Waals surface area contributed by atoms with Crippen LogP contribution in [0.2, 0.25) is 0 Å². The molecule has 0 saturated heterocycles. The van der Waals surface area contributed by atoms with Gasteiger partial charge in [-0.2, -0.15) is 0 Å². The van der Waals surface area contributed by atoms with Crippen molar-refractivity contribution < 1.29 is 9.84 Å². The molecule has 14 heavy (non-hydrogen) atoms. The van der Waals surface area contributed by atoms with E-state index in [1.807, 2.05) is 31.3 Å². The third-order valence-electron chi connectivity index (χ3n) is 1.96. The summed E-state index contributed by atoms with van der Waals surface area (Å²) in [4.78, 5) is 0. The Morgan fingerprint density at radius 2 is 2.29 bits per heavy atom. The van der Waals surface area contributed by atoms with Gasteiger partial charge in [0.1, 0.15) is 5.75 Å².